The Hall–Kier alpha value is -1.40. The first-order valence-corrected chi connectivity index (χ1v) is 6.46. The predicted molar refractivity (Wildman–Crippen MR) is 64.1 cm³/mol. The number of rotatable bonds is 3. The Morgan fingerprint density at radius 1 is 1.65 bits per heavy atom. The van der Waals surface area contributed by atoms with Crippen LogP contribution in [-0.2, 0) is 11.3 Å². The van der Waals surface area contributed by atoms with Crippen LogP contribution in [0.4, 0.5) is 0 Å². The normalized spacial score (nSPS) is 21.3. The molecule has 6 heteroatoms. The van der Waals surface area contributed by atoms with Crippen molar-refractivity contribution < 1.29 is 9.90 Å². The minimum absolute atomic E-state index is 0.210. The Labute approximate surface area is 102 Å². The smallest absolute Gasteiger partial charge is 0.307 e. The highest BCUT2D eigenvalue weighted by molar-refractivity contribution is 7.15. The van der Waals surface area contributed by atoms with Gasteiger partial charge < -0.3 is 5.11 Å². The van der Waals surface area contributed by atoms with Gasteiger partial charge in [0.1, 0.15) is 0 Å². The van der Waals surface area contributed by atoms with Crippen molar-refractivity contribution in [2.45, 2.75) is 13.0 Å². The molecule has 0 bridgehead atoms. The number of fused-ring (bicyclic) bond motifs is 1. The van der Waals surface area contributed by atoms with Crippen molar-refractivity contribution in [3.8, 4) is 0 Å². The maximum absolute atomic E-state index is 10.9. The van der Waals surface area contributed by atoms with Crippen molar-refractivity contribution in [3.05, 3.63) is 23.5 Å². The molecular weight excluding hydrogens is 238 g/mol. The Morgan fingerprint density at radius 2 is 2.53 bits per heavy atom. The number of carboxylic acids is 1. The van der Waals surface area contributed by atoms with Gasteiger partial charge in [-0.1, -0.05) is 0 Å². The summed E-state index contributed by atoms with van der Waals surface area (Å²) in [5, 5.41) is 10.9. The molecule has 1 aliphatic heterocycles. The molecule has 1 unspecified atom stereocenters. The number of carbonyl (C=O) groups is 1. The van der Waals surface area contributed by atoms with Crippen LogP contribution in [0.25, 0.3) is 4.96 Å². The van der Waals surface area contributed by atoms with E-state index in [4.69, 9.17) is 5.11 Å². The molecule has 0 saturated carbocycles. The fourth-order valence-electron chi connectivity index (χ4n) is 2.26. The molecule has 17 heavy (non-hydrogen) atoms. The monoisotopic (exact) mass is 251 g/mol. The molecule has 1 saturated heterocycles. The summed E-state index contributed by atoms with van der Waals surface area (Å²) in [5.41, 5.74) is 1.02. The molecule has 0 amide bonds. The van der Waals surface area contributed by atoms with Gasteiger partial charge >= 0.3 is 5.97 Å². The summed E-state index contributed by atoms with van der Waals surface area (Å²) in [4.78, 5) is 18.5. The van der Waals surface area contributed by atoms with Crippen LogP contribution in [0.3, 0.4) is 0 Å². The largest absolute Gasteiger partial charge is 0.481 e. The number of hydrogen-bond acceptors (Lipinski definition) is 4. The van der Waals surface area contributed by atoms with Gasteiger partial charge in [0, 0.05) is 30.9 Å². The highest BCUT2D eigenvalue weighted by atomic mass is 32.1. The van der Waals surface area contributed by atoms with Crippen molar-refractivity contribution in [1.29, 1.82) is 0 Å². The second kappa shape index (κ2) is 4.12. The molecule has 1 fully saturated rings. The van der Waals surface area contributed by atoms with E-state index in [0.717, 1.165) is 30.2 Å². The number of hydrogen-bond donors (Lipinski definition) is 1. The van der Waals surface area contributed by atoms with E-state index in [1.165, 1.54) is 0 Å². The third-order valence-electron chi connectivity index (χ3n) is 3.15. The summed E-state index contributed by atoms with van der Waals surface area (Å²) in [6, 6.07) is 0. The van der Waals surface area contributed by atoms with Crippen LogP contribution in [0.15, 0.2) is 17.8 Å². The fraction of sp³-hybridized carbons (Fsp3) is 0.455. The van der Waals surface area contributed by atoms with Gasteiger partial charge in [0.05, 0.1) is 11.6 Å². The quantitative estimate of drug-likeness (QED) is 0.893. The Kier molecular flexibility index (Phi) is 2.60. The lowest BCUT2D eigenvalue weighted by Crippen LogP contribution is -2.22. The van der Waals surface area contributed by atoms with Crippen LogP contribution in [0.1, 0.15) is 12.1 Å². The maximum Gasteiger partial charge on any atom is 0.307 e. The second-order valence-electron chi connectivity index (χ2n) is 4.38. The van der Waals surface area contributed by atoms with Gasteiger partial charge in [-0.15, -0.1) is 11.3 Å². The first-order valence-electron chi connectivity index (χ1n) is 5.58. The average Bonchev–Trinajstić information content (AvgIpc) is 2.91. The van der Waals surface area contributed by atoms with Crippen molar-refractivity contribution in [3.63, 3.8) is 0 Å². The number of carboxylic acid groups (broad SMARTS) is 1. The minimum atomic E-state index is -0.682. The SMILES string of the molecule is O=C(O)C1CCN(Cc2cn3ccsc3n2)C1. The van der Waals surface area contributed by atoms with E-state index in [1.807, 2.05) is 22.2 Å². The molecule has 2 aromatic heterocycles. The van der Waals surface area contributed by atoms with Gasteiger partial charge in [0.2, 0.25) is 0 Å². The molecule has 2 aromatic rings. The summed E-state index contributed by atoms with van der Waals surface area (Å²) in [7, 11) is 0. The first-order chi connectivity index (χ1) is 8.22. The third kappa shape index (κ3) is 2.05. The number of likely N-dealkylation sites (tertiary alicyclic amines) is 1. The van der Waals surface area contributed by atoms with E-state index in [1.54, 1.807) is 11.3 Å². The predicted octanol–water partition coefficient (Wildman–Crippen LogP) is 1.30. The summed E-state index contributed by atoms with van der Waals surface area (Å²) >= 11 is 1.61. The standard InChI is InChI=1S/C11H13N3O2S/c15-10(16)8-1-2-13(5-8)6-9-7-14-3-4-17-11(14)12-9/h3-4,7-8H,1-2,5-6H2,(H,15,16). The van der Waals surface area contributed by atoms with Crippen LogP contribution < -0.4 is 0 Å². The van der Waals surface area contributed by atoms with Crippen molar-refractivity contribution in [1.82, 2.24) is 14.3 Å². The zero-order valence-corrected chi connectivity index (χ0v) is 10.1. The first kappa shape index (κ1) is 10.7. The zero-order chi connectivity index (χ0) is 11.8. The van der Waals surface area contributed by atoms with Crippen molar-refractivity contribution >= 4 is 22.3 Å². The Morgan fingerprint density at radius 3 is 3.24 bits per heavy atom. The third-order valence-corrected chi connectivity index (χ3v) is 3.92. The summed E-state index contributed by atoms with van der Waals surface area (Å²) in [6.45, 7) is 2.24. The summed E-state index contributed by atoms with van der Waals surface area (Å²) < 4.78 is 2.00. The topological polar surface area (TPSA) is 57.8 Å². The summed E-state index contributed by atoms with van der Waals surface area (Å²) in [5.74, 6) is -0.892. The average molecular weight is 251 g/mol. The minimum Gasteiger partial charge on any atom is -0.481 e. The second-order valence-corrected chi connectivity index (χ2v) is 5.26. The molecule has 3 heterocycles. The van der Waals surface area contributed by atoms with Crippen LogP contribution in [0, 0.1) is 5.92 Å². The van der Waals surface area contributed by atoms with E-state index in [0.29, 0.717) is 6.54 Å². The molecule has 0 aromatic carbocycles. The molecule has 1 N–H and O–H groups in total. The summed E-state index contributed by atoms with van der Waals surface area (Å²) in [6.07, 6.45) is 4.75. The number of imidazole rings is 1. The van der Waals surface area contributed by atoms with Gasteiger partial charge in [-0.3, -0.25) is 14.1 Å². The molecule has 0 spiro atoms. The Balaban J connectivity index is 1.68. The zero-order valence-electron chi connectivity index (χ0n) is 9.24. The lowest BCUT2D eigenvalue weighted by Gasteiger charge is -2.12. The highest BCUT2D eigenvalue weighted by Crippen LogP contribution is 2.19. The Bertz CT molecular complexity index is 519. The van der Waals surface area contributed by atoms with Crippen LogP contribution in [0.2, 0.25) is 0 Å². The van der Waals surface area contributed by atoms with Gasteiger partial charge in [0.25, 0.3) is 0 Å². The molecule has 0 aliphatic carbocycles. The molecule has 90 valence electrons. The van der Waals surface area contributed by atoms with Gasteiger partial charge in [0.15, 0.2) is 4.96 Å². The molecule has 1 atom stereocenters. The van der Waals surface area contributed by atoms with E-state index in [2.05, 4.69) is 9.88 Å². The maximum atomic E-state index is 10.9. The highest BCUT2D eigenvalue weighted by Gasteiger charge is 2.28. The van der Waals surface area contributed by atoms with Crippen LogP contribution in [0.5, 0.6) is 0 Å². The van der Waals surface area contributed by atoms with Crippen molar-refractivity contribution in [2.24, 2.45) is 5.92 Å². The molecule has 1 aliphatic rings. The fourth-order valence-corrected chi connectivity index (χ4v) is 2.98. The lowest BCUT2D eigenvalue weighted by atomic mass is 10.1. The van der Waals surface area contributed by atoms with E-state index in [-0.39, 0.29) is 5.92 Å². The molecule has 3 rings (SSSR count). The van der Waals surface area contributed by atoms with Crippen LogP contribution >= 0.6 is 11.3 Å². The number of thiazole rings is 1. The van der Waals surface area contributed by atoms with Gasteiger partial charge in [-0.25, -0.2) is 4.98 Å². The lowest BCUT2D eigenvalue weighted by molar-refractivity contribution is -0.141. The van der Waals surface area contributed by atoms with E-state index in [9.17, 15) is 4.79 Å². The number of nitrogens with zero attached hydrogens (tertiary/aromatic N) is 3. The van der Waals surface area contributed by atoms with Crippen LogP contribution in [-0.4, -0.2) is 38.4 Å². The molecule has 0 radical (unpaired) electrons. The van der Waals surface area contributed by atoms with Gasteiger partial charge in [-0.05, 0) is 13.0 Å². The van der Waals surface area contributed by atoms with Crippen molar-refractivity contribution in [2.75, 3.05) is 13.1 Å². The molecule has 5 nitrogen and oxygen atoms in total. The van der Waals surface area contributed by atoms with Gasteiger partial charge in [-0.2, -0.15) is 0 Å². The number of aromatic nitrogens is 2. The number of aliphatic carboxylic acids is 1. The van der Waals surface area contributed by atoms with E-state index >= 15 is 0 Å². The van der Waals surface area contributed by atoms with E-state index < -0.39 is 5.97 Å². The molecular formula is C11H13N3O2S.